The fourth-order valence-electron chi connectivity index (χ4n) is 2.13. The average Bonchev–Trinajstić information content (AvgIpc) is 3.28. The predicted molar refractivity (Wildman–Crippen MR) is 84.5 cm³/mol. The maximum absolute atomic E-state index is 12.9. The van der Waals surface area contributed by atoms with Crippen LogP contribution in [0.2, 0.25) is 0 Å². The fraction of sp³-hybridized carbons (Fsp3) is 0.438. The molecule has 5 nitrogen and oxygen atoms in total. The zero-order valence-electron chi connectivity index (χ0n) is 13.0. The molecule has 0 aliphatic heterocycles. The van der Waals surface area contributed by atoms with Gasteiger partial charge in [-0.05, 0) is 44.4 Å². The van der Waals surface area contributed by atoms with E-state index in [9.17, 15) is 9.18 Å². The van der Waals surface area contributed by atoms with Crippen molar-refractivity contribution in [3.05, 3.63) is 41.5 Å². The van der Waals surface area contributed by atoms with Crippen molar-refractivity contribution in [2.45, 2.75) is 49.1 Å². The molecule has 1 amide bonds. The topological polar surface area (TPSA) is 68.0 Å². The smallest absolute Gasteiger partial charge is 0.277 e. The molecule has 1 aliphatic carbocycles. The summed E-state index contributed by atoms with van der Waals surface area (Å²) in [4.78, 5) is 12.3. The molecule has 1 N–H and O–H groups in total. The molecule has 1 heterocycles. The van der Waals surface area contributed by atoms with E-state index in [1.165, 1.54) is 23.9 Å². The van der Waals surface area contributed by atoms with Gasteiger partial charge in [0.05, 0.1) is 11.3 Å². The third kappa shape index (κ3) is 4.10. The zero-order valence-corrected chi connectivity index (χ0v) is 13.8. The molecular formula is C16H18FN3O2S. The molecule has 0 unspecified atom stereocenters. The van der Waals surface area contributed by atoms with Crippen LogP contribution in [0.5, 0.6) is 0 Å². The average molecular weight is 335 g/mol. The van der Waals surface area contributed by atoms with Gasteiger partial charge in [-0.15, -0.1) is 10.2 Å². The largest absolute Gasteiger partial charge is 0.416 e. The van der Waals surface area contributed by atoms with Crippen molar-refractivity contribution in [3.8, 4) is 0 Å². The second-order valence-electron chi connectivity index (χ2n) is 5.72. The van der Waals surface area contributed by atoms with Crippen LogP contribution in [0.4, 0.5) is 4.39 Å². The quantitative estimate of drug-likeness (QED) is 0.819. The van der Waals surface area contributed by atoms with Gasteiger partial charge in [0, 0.05) is 5.92 Å². The second-order valence-corrected chi connectivity index (χ2v) is 7.01. The van der Waals surface area contributed by atoms with E-state index in [-0.39, 0.29) is 23.0 Å². The number of hydrogen-bond donors (Lipinski definition) is 1. The van der Waals surface area contributed by atoms with Gasteiger partial charge >= 0.3 is 0 Å². The minimum absolute atomic E-state index is 0.127. The van der Waals surface area contributed by atoms with Gasteiger partial charge in [0.1, 0.15) is 5.82 Å². The van der Waals surface area contributed by atoms with E-state index in [0.29, 0.717) is 17.0 Å². The van der Waals surface area contributed by atoms with Crippen LogP contribution in [-0.2, 0) is 4.79 Å². The number of nitrogens with zero attached hydrogens (tertiary/aromatic N) is 2. The molecule has 0 radical (unpaired) electrons. The number of rotatable bonds is 6. The van der Waals surface area contributed by atoms with Gasteiger partial charge in [-0.25, -0.2) is 4.39 Å². The van der Waals surface area contributed by atoms with Crippen molar-refractivity contribution in [2.24, 2.45) is 0 Å². The SMILES string of the molecule is C[C@H](Sc1nnc(C2CC2)o1)C(=O)N[C@H](C)c1ccc(F)cc1. The lowest BCUT2D eigenvalue weighted by Crippen LogP contribution is -2.33. The minimum Gasteiger partial charge on any atom is -0.416 e. The summed E-state index contributed by atoms with van der Waals surface area (Å²) in [6.07, 6.45) is 2.19. The number of halogens is 1. The first-order valence-electron chi connectivity index (χ1n) is 7.59. The Balaban J connectivity index is 1.54. The van der Waals surface area contributed by atoms with Crippen molar-refractivity contribution in [1.82, 2.24) is 15.5 Å². The summed E-state index contributed by atoms with van der Waals surface area (Å²) in [6, 6.07) is 5.90. The molecule has 23 heavy (non-hydrogen) atoms. The van der Waals surface area contributed by atoms with Gasteiger partial charge < -0.3 is 9.73 Å². The Hall–Kier alpha value is -1.89. The van der Waals surface area contributed by atoms with Crippen molar-refractivity contribution < 1.29 is 13.6 Å². The molecule has 0 saturated heterocycles. The van der Waals surface area contributed by atoms with Crippen molar-refractivity contribution in [2.75, 3.05) is 0 Å². The lowest BCUT2D eigenvalue weighted by Gasteiger charge is -2.16. The van der Waals surface area contributed by atoms with Crippen molar-refractivity contribution >= 4 is 17.7 Å². The third-order valence-electron chi connectivity index (χ3n) is 3.72. The lowest BCUT2D eigenvalue weighted by atomic mass is 10.1. The molecule has 122 valence electrons. The Morgan fingerprint density at radius 1 is 1.30 bits per heavy atom. The van der Waals surface area contributed by atoms with E-state index in [2.05, 4.69) is 15.5 Å². The number of carbonyl (C=O) groups excluding carboxylic acids is 1. The van der Waals surface area contributed by atoms with Crippen LogP contribution in [-0.4, -0.2) is 21.4 Å². The molecule has 1 saturated carbocycles. The zero-order chi connectivity index (χ0) is 16.4. The molecule has 0 spiro atoms. The highest BCUT2D eigenvalue weighted by molar-refractivity contribution is 8.00. The minimum atomic E-state index is -0.356. The predicted octanol–water partition coefficient (Wildman–Crippen LogP) is 3.44. The van der Waals surface area contributed by atoms with Crippen LogP contribution in [0.1, 0.15) is 50.1 Å². The standard InChI is InChI=1S/C16H18FN3O2S/c1-9(11-5-7-13(17)8-6-11)18-14(21)10(2)23-16-20-19-15(22-16)12-3-4-12/h5-10,12H,3-4H2,1-2H3,(H,18,21)/t9-,10+/m1/s1. The number of nitrogens with one attached hydrogen (secondary N) is 1. The van der Waals surface area contributed by atoms with E-state index in [1.807, 2.05) is 6.92 Å². The molecule has 2 atom stereocenters. The van der Waals surface area contributed by atoms with Crippen LogP contribution in [0.3, 0.4) is 0 Å². The molecule has 1 aliphatic rings. The molecule has 1 aromatic heterocycles. The molecule has 2 aromatic rings. The number of carbonyl (C=O) groups is 1. The summed E-state index contributed by atoms with van der Waals surface area (Å²) in [7, 11) is 0. The highest BCUT2D eigenvalue weighted by Gasteiger charge is 2.30. The monoisotopic (exact) mass is 335 g/mol. The molecule has 7 heteroatoms. The summed E-state index contributed by atoms with van der Waals surface area (Å²) in [5, 5.41) is 10.9. The van der Waals surface area contributed by atoms with E-state index in [0.717, 1.165) is 18.4 Å². The molecule has 0 bridgehead atoms. The van der Waals surface area contributed by atoms with Crippen LogP contribution in [0, 0.1) is 5.82 Å². The highest BCUT2D eigenvalue weighted by atomic mass is 32.2. The molecule has 3 rings (SSSR count). The first-order chi connectivity index (χ1) is 11.0. The van der Waals surface area contributed by atoms with Gasteiger partial charge in [0.2, 0.25) is 11.8 Å². The summed E-state index contributed by atoms with van der Waals surface area (Å²) >= 11 is 1.25. The molecule has 1 fully saturated rings. The van der Waals surface area contributed by atoms with Crippen LogP contribution < -0.4 is 5.32 Å². The van der Waals surface area contributed by atoms with Gasteiger partial charge in [-0.3, -0.25) is 4.79 Å². The number of thioether (sulfide) groups is 1. The molecular weight excluding hydrogens is 317 g/mol. The Morgan fingerprint density at radius 3 is 2.65 bits per heavy atom. The summed E-state index contributed by atoms with van der Waals surface area (Å²) < 4.78 is 18.5. The Bertz CT molecular complexity index is 685. The van der Waals surface area contributed by atoms with Gasteiger partial charge in [-0.1, -0.05) is 23.9 Å². The maximum atomic E-state index is 12.9. The summed E-state index contributed by atoms with van der Waals surface area (Å²) in [6.45, 7) is 3.65. The van der Waals surface area contributed by atoms with Crippen LogP contribution in [0.15, 0.2) is 33.9 Å². The van der Waals surface area contributed by atoms with E-state index < -0.39 is 0 Å². The second kappa shape index (κ2) is 6.70. The van der Waals surface area contributed by atoms with Crippen molar-refractivity contribution in [3.63, 3.8) is 0 Å². The maximum Gasteiger partial charge on any atom is 0.277 e. The van der Waals surface area contributed by atoms with Crippen LogP contribution in [0.25, 0.3) is 0 Å². The normalized spacial score (nSPS) is 16.8. The summed E-state index contributed by atoms with van der Waals surface area (Å²) in [5.41, 5.74) is 0.853. The van der Waals surface area contributed by atoms with Gasteiger partial charge in [0.15, 0.2) is 0 Å². The first-order valence-corrected chi connectivity index (χ1v) is 8.47. The number of aromatic nitrogens is 2. The number of hydrogen-bond acceptors (Lipinski definition) is 5. The van der Waals surface area contributed by atoms with Crippen molar-refractivity contribution in [1.29, 1.82) is 0 Å². The Kier molecular flexibility index (Phi) is 4.66. The number of benzene rings is 1. The number of amides is 1. The fourth-order valence-corrected chi connectivity index (χ4v) is 2.83. The first kappa shape index (κ1) is 16.0. The van der Waals surface area contributed by atoms with E-state index >= 15 is 0 Å². The molecule has 1 aromatic carbocycles. The van der Waals surface area contributed by atoms with E-state index in [1.54, 1.807) is 19.1 Å². The summed E-state index contributed by atoms with van der Waals surface area (Å²) in [5.74, 6) is 0.649. The van der Waals surface area contributed by atoms with E-state index in [4.69, 9.17) is 4.42 Å². The highest BCUT2D eigenvalue weighted by Crippen LogP contribution is 2.40. The third-order valence-corrected chi connectivity index (χ3v) is 4.66. The Labute approximate surface area is 138 Å². The van der Waals surface area contributed by atoms with Gasteiger partial charge in [-0.2, -0.15) is 0 Å². The lowest BCUT2D eigenvalue weighted by molar-refractivity contribution is -0.120. The van der Waals surface area contributed by atoms with Crippen LogP contribution >= 0.6 is 11.8 Å². The van der Waals surface area contributed by atoms with Gasteiger partial charge in [0.25, 0.3) is 5.22 Å². The Morgan fingerprint density at radius 2 is 2.00 bits per heavy atom.